The van der Waals surface area contributed by atoms with Gasteiger partial charge in [0.25, 0.3) is 0 Å². The second-order valence-electron chi connectivity index (χ2n) is 3.72. The first-order valence-corrected chi connectivity index (χ1v) is 6.95. The van der Waals surface area contributed by atoms with Gasteiger partial charge in [-0.1, -0.05) is 28.1 Å². The largest absolute Gasteiger partial charge is 0.399 e. The Hall–Kier alpha value is -1.13. The zero-order valence-electron chi connectivity index (χ0n) is 9.19. The van der Waals surface area contributed by atoms with Crippen LogP contribution in [0, 0.1) is 0 Å². The van der Waals surface area contributed by atoms with Crippen LogP contribution in [0.4, 0.5) is 11.4 Å². The van der Waals surface area contributed by atoms with E-state index in [4.69, 9.17) is 11.5 Å². The van der Waals surface area contributed by atoms with Gasteiger partial charge in [0, 0.05) is 26.5 Å². The van der Waals surface area contributed by atoms with Gasteiger partial charge >= 0.3 is 0 Å². The number of rotatable bonds is 3. The van der Waals surface area contributed by atoms with Crippen LogP contribution in [0.15, 0.2) is 51.8 Å². The van der Waals surface area contributed by atoms with Crippen LogP contribution < -0.4 is 11.5 Å². The molecule has 0 spiro atoms. The first kappa shape index (κ1) is 12.3. The molecular formula is C13H13BrN2S. The summed E-state index contributed by atoms with van der Waals surface area (Å²) in [6.07, 6.45) is 0. The fourth-order valence-corrected chi connectivity index (χ4v) is 2.77. The number of nitrogens with two attached hydrogens (primary N) is 2. The van der Waals surface area contributed by atoms with Crippen molar-refractivity contribution in [3.63, 3.8) is 0 Å². The lowest BCUT2D eigenvalue weighted by molar-refractivity contribution is 1.38. The zero-order valence-corrected chi connectivity index (χ0v) is 11.6. The third-order valence-electron chi connectivity index (χ3n) is 2.32. The average Bonchev–Trinajstić information content (AvgIpc) is 2.28. The predicted molar refractivity (Wildman–Crippen MR) is 79.0 cm³/mol. The maximum atomic E-state index is 5.94. The van der Waals surface area contributed by atoms with Gasteiger partial charge in [-0.15, -0.1) is 11.8 Å². The summed E-state index contributed by atoms with van der Waals surface area (Å²) < 4.78 is 1.00. The summed E-state index contributed by atoms with van der Waals surface area (Å²) in [6, 6.07) is 13.9. The Bertz CT molecular complexity index is 529. The van der Waals surface area contributed by atoms with Crippen molar-refractivity contribution in [1.29, 1.82) is 0 Å². The standard InChI is InChI=1S/C13H13BrN2S/c14-10-4-5-13(12(16)7-10)17-8-9-2-1-3-11(15)6-9/h1-7H,8,15-16H2. The number of hydrogen-bond acceptors (Lipinski definition) is 3. The average molecular weight is 309 g/mol. The van der Waals surface area contributed by atoms with Crippen molar-refractivity contribution in [3.05, 3.63) is 52.5 Å². The van der Waals surface area contributed by atoms with E-state index in [2.05, 4.69) is 22.0 Å². The molecule has 4 heteroatoms. The van der Waals surface area contributed by atoms with Crippen molar-refractivity contribution in [2.75, 3.05) is 11.5 Å². The number of nitrogen functional groups attached to an aromatic ring is 2. The van der Waals surface area contributed by atoms with Gasteiger partial charge in [0.15, 0.2) is 0 Å². The van der Waals surface area contributed by atoms with Crippen molar-refractivity contribution < 1.29 is 0 Å². The normalized spacial score (nSPS) is 10.4. The van der Waals surface area contributed by atoms with Crippen LogP contribution in [0.5, 0.6) is 0 Å². The van der Waals surface area contributed by atoms with Gasteiger partial charge in [-0.25, -0.2) is 0 Å². The number of halogens is 1. The highest BCUT2D eigenvalue weighted by atomic mass is 79.9. The number of thioether (sulfide) groups is 1. The summed E-state index contributed by atoms with van der Waals surface area (Å²) >= 11 is 5.11. The maximum Gasteiger partial charge on any atom is 0.0463 e. The smallest absolute Gasteiger partial charge is 0.0463 e. The number of anilines is 2. The fourth-order valence-electron chi connectivity index (χ4n) is 1.49. The number of benzene rings is 2. The van der Waals surface area contributed by atoms with E-state index in [1.165, 1.54) is 5.56 Å². The third-order valence-corrected chi connectivity index (χ3v) is 3.97. The molecule has 0 aliphatic rings. The molecule has 0 saturated heterocycles. The van der Waals surface area contributed by atoms with Gasteiger partial charge in [0.2, 0.25) is 0 Å². The summed E-state index contributed by atoms with van der Waals surface area (Å²) in [4.78, 5) is 1.09. The molecule has 0 saturated carbocycles. The first-order valence-electron chi connectivity index (χ1n) is 5.17. The van der Waals surface area contributed by atoms with Crippen LogP contribution >= 0.6 is 27.7 Å². The molecule has 2 aromatic carbocycles. The van der Waals surface area contributed by atoms with Crippen LogP contribution in [0.25, 0.3) is 0 Å². The minimum absolute atomic E-state index is 0.798. The summed E-state index contributed by atoms with van der Waals surface area (Å²) in [7, 11) is 0. The van der Waals surface area contributed by atoms with E-state index in [9.17, 15) is 0 Å². The monoisotopic (exact) mass is 308 g/mol. The zero-order chi connectivity index (χ0) is 12.3. The molecule has 88 valence electrons. The quantitative estimate of drug-likeness (QED) is 0.668. The Morgan fingerprint density at radius 1 is 1.06 bits per heavy atom. The van der Waals surface area contributed by atoms with Gasteiger partial charge in [0.1, 0.15) is 0 Å². The van der Waals surface area contributed by atoms with E-state index in [-0.39, 0.29) is 0 Å². The van der Waals surface area contributed by atoms with Crippen molar-refractivity contribution in [1.82, 2.24) is 0 Å². The Kier molecular flexibility index (Phi) is 3.97. The van der Waals surface area contributed by atoms with Crippen LogP contribution in [0.1, 0.15) is 5.56 Å². The second-order valence-corrected chi connectivity index (χ2v) is 5.65. The van der Waals surface area contributed by atoms with Gasteiger partial charge < -0.3 is 11.5 Å². The highest BCUT2D eigenvalue weighted by Gasteiger charge is 2.01. The summed E-state index contributed by atoms with van der Waals surface area (Å²) in [5.74, 6) is 0.872. The summed E-state index contributed by atoms with van der Waals surface area (Å²) in [5.41, 5.74) is 14.5. The Labute approximate surface area is 114 Å². The van der Waals surface area contributed by atoms with E-state index in [1.807, 2.05) is 36.4 Å². The van der Waals surface area contributed by atoms with E-state index in [1.54, 1.807) is 11.8 Å². The molecule has 2 aromatic rings. The molecule has 0 atom stereocenters. The lowest BCUT2D eigenvalue weighted by atomic mass is 10.2. The molecule has 0 radical (unpaired) electrons. The maximum absolute atomic E-state index is 5.94. The van der Waals surface area contributed by atoms with Crippen molar-refractivity contribution in [3.8, 4) is 0 Å². The highest BCUT2D eigenvalue weighted by Crippen LogP contribution is 2.30. The number of hydrogen-bond donors (Lipinski definition) is 2. The molecule has 0 aromatic heterocycles. The summed E-state index contributed by atoms with van der Waals surface area (Å²) in [6.45, 7) is 0. The molecule has 0 aliphatic carbocycles. The molecule has 0 heterocycles. The van der Waals surface area contributed by atoms with Crippen LogP contribution in [0.3, 0.4) is 0 Å². The van der Waals surface area contributed by atoms with E-state index in [0.29, 0.717) is 0 Å². The van der Waals surface area contributed by atoms with Crippen LogP contribution in [-0.2, 0) is 5.75 Å². The van der Waals surface area contributed by atoms with Crippen molar-refractivity contribution in [2.45, 2.75) is 10.6 Å². The third kappa shape index (κ3) is 3.41. The lowest BCUT2D eigenvalue weighted by Crippen LogP contribution is -1.90. The molecule has 0 unspecified atom stereocenters. The van der Waals surface area contributed by atoms with Gasteiger partial charge in [-0.05, 0) is 35.9 Å². The minimum atomic E-state index is 0.798. The first-order chi connectivity index (χ1) is 8.15. The fraction of sp³-hybridized carbons (Fsp3) is 0.0769. The second kappa shape index (κ2) is 5.47. The minimum Gasteiger partial charge on any atom is -0.399 e. The van der Waals surface area contributed by atoms with Gasteiger partial charge in [-0.2, -0.15) is 0 Å². The van der Waals surface area contributed by atoms with Gasteiger partial charge in [-0.3, -0.25) is 0 Å². The summed E-state index contributed by atoms with van der Waals surface area (Å²) in [5, 5.41) is 0. The van der Waals surface area contributed by atoms with Crippen molar-refractivity contribution >= 4 is 39.1 Å². The van der Waals surface area contributed by atoms with E-state index in [0.717, 1.165) is 26.5 Å². The molecule has 4 N–H and O–H groups in total. The Morgan fingerprint density at radius 3 is 2.59 bits per heavy atom. The molecule has 0 amide bonds. The van der Waals surface area contributed by atoms with Crippen LogP contribution in [-0.4, -0.2) is 0 Å². The van der Waals surface area contributed by atoms with E-state index >= 15 is 0 Å². The molecule has 17 heavy (non-hydrogen) atoms. The SMILES string of the molecule is Nc1cccc(CSc2ccc(Br)cc2N)c1. The Balaban J connectivity index is 2.07. The topological polar surface area (TPSA) is 52.0 Å². The van der Waals surface area contributed by atoms with Crippen molar-refractivity contribution in [2.24, 2.45) is 0 Å². The Morgan fingerprint density at radius 2 is 1.88 bits per heavy atom. The highest BCUT2D eigenvalue weighted by molar-refractivity contribution is 9.10. The molecule has 0 fully saturated rings. The predicted octanol–water partition coefficient (Wildman–Crippen LogP) is 3.91. The molecular weight excluding hydrogens is 296 g/mol. The van der Waals surface area contributed by atoms with Gasteiger partial charge in [0.05, 0.1) is 0 Å². The van der Waals surface area contributed by atoms with E-state index < -0.39 is 0 Å². The lowest BCUT2D eigenvalue weighted by Gasteiger charge is -2.06. The molecule has 2 rings (SSSR count). The van der Waals surface area contributed by atoms with Crippen LogP contribution in [0.2, 0.25) is 0 Å². The molecule has 0 aliphatic heterocycles. The molecule has 0 bridgehead atoms. The molecule has 2 nitrogen and oxygen atoms in total.